The van der Waals surface area contributed by atoms with Crippen molar-refractivity contribution in [2.24, 2.45) is 11.3 Å². The summed E-state index contributed by atoms with van der Waals surface area (Å²) in [5.74, 6) is 1.41. The van der Waals surface area contributed by atoms with Crippen LogP contribution in [0.4, 0.5) is 5.69 Å². The smallest absolute Gasteiger partial charge is 0.252 e. The number of nitriles is 1. The Morgan fingerprint density at radius 1 is 1.32 bits per heavy atom. The molecule has 0 bridgehead atoms. The molecule has 1 atom stereocenters. The summed E-state index contributed by atoms with van der Waals surface area (Å²) in [6.45, 7) is 4.35. The average molecular weight is 436 g/mol. The minimum atomic E-state index is -0.419. The number of fused-ring (bicyclic) bond motifs is 1. The summed E-state index contributed by atoms with van der Waals surface area (Å²) in [4.78, 5) is 33.6. The van der Waals surface area contributed by atoms with Gasteiger partial charge in [-0.1, -0.05) is 6.92 Å². The first-order chi connectivity index (χ1) is 15.0. The highest BCUT2D eigenvalue weighted by atomic mass is 32.2. The van der Waals surface area contributed by atoms with E-state index in [1.807, 2.05) is 12.1 Å². The molecule has 2 amide bonds. The Hall–Kier alpha value is -2.79. The highest BCUT2D eigenvalue weighted by Gasteiger charge is 2.50. The average Bonchev–Trinajstić information content (AvgIpc) is 3.21. The van der Waals surface area contributed by atoms with Crippen molar-refractivity contribution in [2.75, 3.05) is 36.2 Å². The fourth-order valence-corrected chi connectivity index (χ4v) is 6.40. The van der Waals surface area contributed by atoms with E-state index in [0.717, 1.165) is 35.6 Å². The van der Waals surface area contributed by atoms with Gasteiger partial charge in [-0.25, -0.2) is 0 Å². The Morgan fingerprint density at radius 2 is 2.13 bits per heavy atom. The Balaban J connectivity index is 1.29. The van der Waals surface area contributed by atoms with E-state index >= 15 is 0 Å². The van der Waals surface area contributed by atoms with Crippen molar-refractivity contribution in [1.82, 2.24) is 15.2 Å². The first kappa shape index (κ1) is 20.1. The number of nitrogens with one attached hydrogen (secondary N) is 1. The van der Waals surface area contributed by atoms with Gasteiger partial charge in [0.25, 0.3) is 5.91 Å². The summed E-state index contributed by atoms with van der Waals surface area (Å²) in [5, 5.41) is 12.7. The third kappa shape index (κ3) is 3.61. The van der Waals surface area contributed by atoms with Crippen LogP contribution in [0.1, 0.15) is 30.1 Å². The lowest BCUT2D eigenvalue weighted by Crippen LogP contribution is -2.62. The minimum absolute atomic E-state index is 0.117. The van der Waals surface area contributed by atoms with Crippen molar-refractivity contribution in [3.8, 4) is 6.07 Å². The predicted octanol–water partition coefficient (Wildman–Crippen LogP) is 2.63. The fraction of sp³-hybridized carbons (Fsp3) is 0.478. The normalized spacial score (nSPS) is 22.1. The van der Waals surface area contributed by atoms with Gasteiger partial charge in [-0.15, -0.1) is 11.8 Å². The Morgan fingerprint density at radius 3 is 2.87 bits per heavy atom. The SMILES string of the molecule is CC1CC2(C1)CN(c1ccc3nccc(C(=O)NCC(=O)N4CSCC4C#N)c3c1)C2. The standard InChI is InChI=1S/C23H25N5O2S/c1-15-7-23(8-15)12-27(13-23)16-2-3-20-19(6-16)18(4-5-25-20)22(30)26-10-21(29)28-14-31-11-17(28)9-24/h2-6,15,17H,7-8,10-14H2,1H3,(H,26,30). The molecule has 1 spiro atoms. The maximum atomic E-state index is 12.9. The van der Waals surface area contributed by atoms with Crippen molar-refractivity contribution in [3.63, 3.8) is 0 Å². The summed E-state index contributed by atoms with van der Waals surface area (Å²) >= 11 is 1.55. The number of carbonyl (C=O) groups excluding carboxylic acids is 2. The number of anilines is 1. The van der Waals surface area contributed by atoms with Crippen LogP contribution in [-0.4, -0.2) is 59.0 Å². The number of pyridine rings is 1. The lowest BCUT2D eigenvalue weighted by atomic mass is 9.58. The van der Waals surface area contributed by atoms with Gasteiger partial charge in [-0.2, -0.15) is 5.26 Å². The third-order valence-corrected chi connectivity index (χ3v) is 7.71. The van der Waals surface area contributed by atoms with Crippen LogP contribution >= 0.6 is 11.8 Å². The van der Waals surface area contributed by atoms with Crippen LogP contribution in [0.2, 0.25) is 0 Å². The topological polar surface area (TPSA) is 89.3 Å². The quantitative estimate of drug-likeness (QED) is 0.794. The molecule has 3 aliphatic rings. The number of hydrogen-bond donors (Lipinski definition) is 1. The largest absolute Gasteiger partial charge is 0.370 e. The first-order valence-electron chi connectivity index (χ1n) is 10.7. The highest BCUT2D eigenvalue weighted by Crippen LogP contribution is 2.52. The van der Waals surface area contributed by atoms with E-state index in [-0.39, 0.29) is 18.4 Å². The molecule has 1 aliphatic carbocycles. The van der Waals surface area contributed by atoms with Crippen LogP contribution in [0.3, 0.4) is 0 Å². The first-order valence-corrected chi connectivity index (χ1v) is 11.8. The zero-order valence-corrected chi connectivity index (χ0v) is 18.3. The molecule has 7 nitrogen and oxygen atoms in total. The molecule has 2 saturated heterocycles. The minimum Gasteiger partial charge on any atom is -0.370 e. The van der Waals surface area contributed by atoms with Crippen molar-refractivity contribution in [2.45, 2.75) is 25.8 Å². The number of thioether (sulfide) groups is 1. The molecule has 31 heavy (non-hydrogen) atoms. The molecule has 1 saturated carbocycles. The second-order valence-corrected chi connectivity index (χ2v) is 10.1. The van der Waals surface area contributed by atoms with E-state index in [1.165, 1.54) is 17.7 Å². The monoisotopic (exact) mass is 435 g/mol. The van der Waals surface area contributed by atoms with E-state index in [1.54, 1.807) is 24.0 Å². The van der Waals surface area contributed by atoms with Gasteiger partial charge in [-0.05, 0) is 43.0 Å². The van der Waals surface area contributed by atoms with E-state index in [2.05, 4.69) is 34.3 Å². The molecule has 3 heterocycles. The summed E-state index contributed by atoms with van der Waals surface area (Å²) in [6, 6.07) is 9.49. The van der Waals surface area contributed by atoms with E-state index in [4.69, 9.17) is 5.26 Å². The number of aromatic nitrogens is 1. The summed E-state index contributed by atoms with van der Waals surface area (Å²) in [7, 11) is 0. The highest BCUT2D eigenvalue weighted by molar-refractivity contribution is 7.99. The van der Waals surface area contributed by atoms with Crippen molar-refractivity contribution < 1.29 is 9.59 Å². The van der Waals surface area contributed by atoms with Gasteiger partial charge in [0.2, 0.25) is 5.91 Å². The van der Waals surface area contributed by atoms with Crippen LogP contribution in [-0.2, 0) is 4.79 Å². The zero-order valence-electron chi connectivity index (χ0n) is 17.5. The molecule has 2 aliphatic heterocycles. The van der Waals surface area contributed by atoms with Gasteiger partial charge in [0.05, 0.1) is 29.6 Å². The predicted molar refractivity (Wildman–Crippen MR) is 121 cm³/mol. The van der Waals surface area contributed by atoms with Crippen molar-refractivity contribution in [3.05, 3.63) is 36.0 Å². The molecule has 5 rings (SSSR count). The molecule has 160 valence electrons. The summed E-state index contributed by atoms with van der Waals surface area (Å²) in [6.07, 6.45) is 4.24. The molecule has 8 heteroatoms. The Kier molecular flexibility index (Phi) is 5.01. The molecule has 1 aromatic carbocycles. The van der Waals surface area contributed by atoms with Crippen LogP contribution in [0.25, 0.3) is 10.9 Å². The van der Waals surface area contributed by atoms with Crippen molar-refractivity contribution >= 4 is 40.2 Å². The van der Waals surface area contributed by atoms with Crippen LogP contribution < -0.4 is 10.2 Å². The lowest BCUT2D eigenvalue weighted by molar-refractivity contribution is -0.129. The van der Waals surface area contributed by atoms with Gasteiger partial charge in [-0.3, -0.25) is 14.6 Å². The number of nitrogens with zero attached hydrogens (tertiary/aromatic N) is 4. The van der Waals surface area contributed by atoms with Gasteiger partial charge >= 0.3 is 0 Å². The number of amides is 2. The summed E-state index contributed by atoms with van der Waals surface area (Å²) in [5.41, 5.74) is 2.89. The van der Waals surface area contributed by atoms with E-state index in [9.17, 15) is 9.59 Å². The zero-order chi connectivity index (χ0) is 21.6. The van der Waals surface area contributed by atoms with Crippen LogP contribution in [0.15, 0.2) is 30.5 Å². The molecule has 3 fully saturated rings. The Bertz CT molecular complexity index is 1080. The number of carbonyl (C=O) groups is 2. The Labute approximate surface area is 185 Å². The third-order valence-electron chi connectivity index (χ3n) is 6.70. The molecular weight excluding hydrogens is 410 g/mol. The van der Waals surface area contributed by atoms with Gasteiger partial charge in [0.15, 0.2) is 0 Å². The second kappa shape index (κ2) is 7.72. The fourth-order valence-electron chi connectivity index (χ4n) is 5.30. The molecule has 1 unspecified atom stereocenters. The van der Waals surface area contributed by atoms with Gasteiger partial charge < -0.3 is 15.1 Å². The summed E-state index contributed by atoms with van der Waals surface area (Å²) < 4.78 is 0. The maximum absolute atomic E-state index is 12.9. The molecule has 0 radical (unpaired) electrons. The van der Waals surface area contributed by atoms with E-state index < -0.39 is 6.04 Å². The van der Waals surface area contributed by atoms with Crippen LogP contribution in [0, 0.1) is 22.7 Å². The molecule has 1 aromatic heterocycles. The lowest BCUT2D eigenvalue weighted by Gasteiger charge is -2.59. The van der Waals surface area contributed by atoms with Crippen molar-refractivity contribution in [1.29, 1.82) is 5.26 Å². The molecule has 1 N–H and O–H groups in total. The number of hydrogen-bond acceptors (Lipinski definition) is 6. The number of benzene rings is 1. The van der Waals surface area contributed by atoms with Gasteiger partial charge in [0, 0.05) is 41.5 Å². The maximum Gasteiger partial charge on any atom is 0.252 e. The molecular formula is C23H25N5O2S. The number of rotatable bonds is 4. The van der Waals surface area contributed by atoms with E-state index in [0.29, 0.717) is 22.6 Å². The second-order valence-electron chi connectivity index (χ2n) is 9.12. The molecule has 2 aromatic rings. The van der Waals surface area contributed by atoms with Crippen LogP contribution in [0.5, 0.6) is 0 Å². The van der Waals surface area contributed by atoms with Gasteiger partial charge in [0.1, 0.15) is 6.04 Å².